The van der Waals surface area contributed by atoms with Crippen molar-refractivity contribution in [1.29, 1.82) is 0 Å². The van der Waals surface area contributed by atoms with Crippen LogP contribution in [0.15, 0.2) is 0 Å². The van der Waals surface area contributed by atoms with E-state index in [0.29, 0.717) is 0 Å². The summed E-state index contributed by atoms with van der Waals surface area (Å²) in [6.45, 7) is 0. The fourth-order valence-electron chi connectivity index (χ4n) is 0. The van der Waals surface area contributed by atoms with Crippen molar-refractivity contribution in [3.8, 4) is 0 Å². The molecule has 0 bridgehead atoms. The van der Waals surface area contributed by atoms with Crippen LogP contribution in [-0.4, -0.2) is 61.3 Å². The molecule has 0 heterocycles. The molecular weight excluding hydrogens is 295 g/mol. The molecule has 52 valence electrons. The fourth-order valence-corrected chi connectivity index (χ4v) is 0. The molecule has 0 spiro atoms. The van der Waals surface area contributed by atoms with Gasteiger partial charge in [-0.15, -0.1) is 0 Å². The summed E-state index contributed by atoms with van der Waals surface area (Å²) in [5, 5.41) is 14.8. The van der Waals surface area contributed by atoms with E-state index in [1.807, 2.05) is 0 Å². The van der Waals surface area contributed by atoms with Crippen LogP contribution in [0.2, 0.25) is 0 Å². The first-order chi connectivity index (χ1) is 3.46. The number of rotatable bonds is 0. The van der Waals surface area contributed by atoms with Gasteiger partial charge in [-0.05, 0) is 0 Å². The van der Waals surface area contributed by atoms with Crippen LogP contribution in [0.25, 0.3) is 0 Å². The Labute approximate surface area is 99.9 Å². The van der Waals surface area contributed by atoms with Crippen LogP contribution < -0.4 is 0 Å². The SMILES string of the molecule is O=[N+]([O-])[O-].[Ba+2].[H-].[H-].[O]=[Ti]([OH])[OH]. The summed E-state index contributed by atoms with van der Waals surface area (Å²) < 4.78 is 23.2. The summed E-state index contributed by atoms with van der Waals surface area (Å²) in [6, 6.07) is 0. The van der Waals surface area contributed by atoms with Gasteiger partial charge in [-0.25, -0.2) is 0 Å². The van der Waals surface area contributed by atoms with Gasteiger partial charge in [-0.2, -0.15) is 0 Å². The summed E-state index contributed by atoms with van der Waals surface area (Å²) in [4.78, 5) is 8.25. The minimum absolute atomic E-state index is 0. The quantitative estimate of drug-likeness (QED) is 0.314. The van der Waals surface area contributed by atoms with Crippen molar-refractivity contribution >= 4 is 48.9 Å². The molecule has 0 fully saturated rings. The molecule has 2 N–H and O–H groups in total. The zero-order valence-electron chi connectivity index (χ0n) is 6.18. The topological polar surface area (TPSA) is 124 Å². The van der Waals surface area contributed by atoms with Crippen molar-refractivity contribution in [3.63, 3.8) is 0 Å². The Morgan fingerprint density at radius 3 is 1.44 bits per heavy atom. The predicted octanol–water partition coefficient (Wildman–Crippen LogP) is -1.63. The minimum atomic E-state index is -3.58. The summed E-state index contributed by atoms with van der Waals surface area (Å²) in [5.74, 6) is 0. The molecule has 0 saturated heterocycles. The van der Waals surface area contributed by atoms with E-state index < -0.39 is 23.7 Å². The molecule has 0 aromatic rings. The summed E-state index contributed by atoms with van der Waals surface area (Å²) in [5.41, 5.74) is 0. The molecule has 7 nitrogen and oxygen atoms in total. The second-order valence-electron chi connectivity index (χ2n) is 0.506. The van der Waals surface area contributed by atoms with Crippen molar-refractivity contribution in [1.82, 2.24) is 0 Å². The standard InChI is InChI=1S/Ba.NO3.2H2O.O.Ti.2H/c;2-1(3)4;;;;;;/h;;2*1H2;;;;/q+2;-1;;;;+2;2*-1/p-2. The van der Waals surface area contributed by atoms with Gasteiger partial charge in [-0.1, -0.05) is 0 Å². The maximum absolute atomic E-state index is 8.81. The van der Waals surface area contributed by atoms with Gasteiger partial charge < -0.3 is 18.2 Å². The van der Waals surface area contributed by atoms with Gasteiger partial charge >= 0.3 is 78.2 Å². The van der Waals surface area contributed by atoms with Crippen molar-refractivity contribution in [2.45, 2.75) is 0 Å². The number of hydrogen-bond acceptors (Lipinski definition) is 4. The fraction of sp³-hybridized carbons (Fsp3) is 0. The van der Waals surface area contributed by atoms with Gasteiger partial charge in [0.05, 0.1) is 5.09 Å². The Morgan fingerprint density at radius 2 is 1.44 bits per heavy atom. The van der Waals surface area contributed by atoms with Gasteiger partial charge in [0.15, 0.2) is 0 Å². The number of nitrogens with zero attached hydrogens (tertiary/aromatic N) is 1. The Bertz CT molecular complexity index is 78.6. The van der Waals surface area contributed by atoms with Crippen LogP contribution in [0.3, 0.4) is 0 Å². The van der Waals surface area contributed by atoms with E-state index in [4.69, 9.17) is 26.0 Å². The normalized spacial score (nSPS) is 5.56. The third-order valence-corrected chi connectivity index (χ3v) is 0. The zero-order chi connectivity index (χ0) is 7.15. The van der Waals surface area contributed by atoms with Crippen LogP contribution in [-0.2, 0) is 21.9 Å². The predicted molar refractivity (Wildman–Crippen MR) is 23.5 cm³/mol. The molecule has 0 aromatic heterocycles. The Balaban J connectivity index is -0.0000000171. The van der Waals surface area contributed by atoms with Crippen molar-refractivity contribution in [3.05, 3.63) is 15.3 Å². The van der Waals surface area contributed by atoms with Crippen molar-refractivity contribution in [2.75, 3.05) is 0 Å². The van der Waals surface area contributed by atoms with Gasteiger partial charge in [0.1, 0.15) is 0 Å². The Morgan fingerprint density at radius 1 is 1.44 bits per heavy atom. The average molecular weight is 299 g/mol. The Kier molecular flexibility index (Phi) is 22.1. The van der Waals surface area contributed by atoms with E-state index in [2.05, 4.69) is 0 Å². The molecular formula is H4BaNO6Ti-. The first kappa shape index (κ1) is 16.7. The first-order valence-electron chi connectivity index (χ1n) is 1.20. The van der Waals surface area contributed by atoms with Crippen LogP contribution in [0.4, 0.5) is 0 Å². The molecule has 0 aliphatic carbocycles. The van der Waals surface area contributed by atoms with Gasteiger partial charge in [0.2, 0.25) is 0 Å². The molecule has 9 heteroatoms. The molecule has 0 radical (unpaired) electrons. The molecule has 0 rings (SSSR count). The summed E-state index contributed by atoms with van der Waals surface area (Å²) >= 11 is -3.58. The monoisotopic (exact) mass is 300 g/mol. The van der Waals surface area contributed by atoms with Gasteiger partial charge in [0, 0.05) is 0 Å². The summed E-state index contributed by atoms with van der Waals surface area (Å²) in [7, 11) is 0. The molecule has 0 atom stereocenters. The van der Waals surface area contributed by atoms with Gasteiger partial charge in [0.25, 0.3) is 0 Å². The van der Waals surface area contributed by atoms with E-state index in [1.165, 1.54) is 0 Å². The van der Waals surface area contributed by atoms with Gasteiger partial charge in [-0.3, -0.25) is 0 Å². The maximum atomic E-state index is 8.81. The third-order valence-electron chi connectivity index (χ3n) is 0. The molecule has 0 aliphatic rings. The van der Waals surface area contributed by atoms with E-state index in [1.54, 1.807) is 0 Å². The van der Waals surface area contributed by atoms with Crippen LogP contribution in [0.1, 0.15) is 2.85 Å². The molecule has 9 heavy (non-hydrogen) atoms. The number of hydrogen-bond donors (Lipinski definition) is 2. The van der Waals surface area contributed by atoms with Crippen molar-refractivity contribution in [2.24, 2.45) is 0 Å². The Hall–Kier alpha value is 1.21. The molecule has 0 saturated carbocycles. The van der Waals surface area contributed by atoms with E-state index in [9.17, 15) is 0 Å². The molecule has 0 unspecified atom stereocenters. The van der Waals surface area contributed by atoms with Crippen molar-refractivity contribution < 1.29 is 37.3 Å². The van der Waals surface area contributed by atoms with Crippen LogP contribution in [0, 0.1) is 15.3 Å². The molecule has 0 aromatic carbocycles. The van der Waals surface area contributed by atoms with E-state index in [0.717, 1.165) is 0 Å². The summed E-state index contributed by atoms with van der Waals surface area (Å²) in [6.07, 6.45) is 0. The van der Waals surface area contributed by atoms with E-state index >= 15 is 0 Å². The zero-order valence-corrected chi connectivity index (χ0v) is 10.2. The van der Waals surface area contributed by atoms with Crippen LogP contribution in [0.5, 0.6) is 0 Å². The first-order valence-corrected chi connectivity index (χ1v) is 3.23. The van der Waals surface area contributed by atoms with Crippen LogP contribution >= 0.6 is 0 Å². The second kappa shape index (κ2) is 11.9. The second-order valence-corrected chi connectivity index (χ2v) is 1.39. The average Bonchev–Trinajstić information content (AvgIpc) is 1.25. The molecule has 0 aliphatic heterocycles. The third kappa shape index (κ3) is 329. The molecule has 0 amide bonds. The van der Waals surface area contributed by atoms with E-state index in [-0.39, 0.29) is 51.7 Å².